The lowest BCUT2D eigenvalue weighted by atomic mass is 9.75. The van der Waals surface area contributed by atoms with Crippen LogP contribution in [0.3, 0.4) is 0 Å². The SMILES string of the molecule is Cc1c2ccccc2c(C2=CC=C(c3c4c(c(C5=CC6=CC=C(c7nc8ccccc8n7C7C=CC=CC7)CC6CC5)c5ccccc35)=CCCC=4)CC2)c2ccccc12. The molecule has 0 N–H and O–H groups in total. The summed E-state index contributed by atoms with van der Waals surface area (Å²) in [5.74, 6) is 1.63. The molecule has 2 nitrogen and oxygen atoms in total. The summed E-state index contributed by atoms with van der Waals surface area (Å²) in [4.78, 5) is 5.26. The molecule has 290 valence electrons. The Bertz CT molecular complexity index is 3270. The van der Waals surface area contributed by atoms with Gasteiger partial charge in [0, 0.05) is 0 Å². The van der Waals surface area contributed by atoms with Crippen molar-refractivity contribution in [2.24, 2.45) is 5.92 Å². The van der Waals surface area contributed by atoms with E-state index in [9.17, 15) is 0 Å². The van der Waals surface area contributed by atoms with Gasteiger partial charge in [0.05, 0.1) is 17.1 Å². The number of hydrogen-bond acceptors (Lipinski definition) is 1. The van der Waals surface area contributed by atoms with Gasteiger partial charge in [0.1, 0.15) is 5.82 Å². The van der Waals surface area contributed by atoms with Crippen LogP contribution in [0.1, 0.15) is 85.5 Å². The van der Waals surface area contributed by atoms with E-state index in [4.69, 9.17) is 4.98 Å². The molecule has 0 bridgehead atoms. The summed E-state index contributed by atoms with van der Waals surface area (Å²) in [6, 6.07) is 36.2. The lowest BCUT2D eigenvalue weighted by Gasteiger charge is -2.30. The van der Waals surface area contributed by atoms with E-state index in [0.717, 1.165) is 62.7 Å². The van der Waals surface area contributed by atoms with Crippen molar-refractivity contribution in [3.05, 3.63) is 196 Å². The second kappa shape index (κ2) is 14.3. The van der Waals surface area contributed by atoms with Gasteiger partial charge in [-0.3, -0.25) is 0 Å². The highest BCUT2D eigenvalue weighted by atomic mass is 15.1. The molecule has 5 aliphatic carbocycles. The molecule has 0 amide bonds. The molecule has 7 aromatic rings. The summed E-state index contributed by atoms with van der Waals surface area (Å²) < 4.78 is 2.49. The minimum Gasteiger partial charge on any atom is -0.317 e. The van der Waals surface area contributed by atoms with E-state index in [1.165, 1.54) is 98.4 Å². The minimum absolute atomic E-state index is 0.286. The first-order valence-electron chi connectivity index (χ1n) is 22.2. The molecular weight excluding hydrogens is 725 g/mol. The van der Waals surface area contributed by atoms with Crippen LogP contribution >= 0.6 is 0 Å². The van der Waals surface area contributed by atoms with Gasteiger partial charge >= 0.3 is 0 Å². The molecule has 1 heterocycles. The Morgan fingerprint density at radius 3 is 1.80 bits per heavy atom. The number of imidazole rings is 1. The summed E-state index contributed by atoms with van der Waals surface area (Å²) in [6.07, 6.45) is 34.8. The Kier molecular flexibility index (Phi) is 8.47. The number of benzene rings is 6. The molecule has 0 fully saturated rings. The zero-order valence-corrected chi connectivity index (χ0v) is 34.3. The number of para-hydroxylation sites is 2. The second-order valence-corrected chi connectivity index (χ2v) is 17.5. The van der Waals surface area contributed by atoms with E-state index < -0.39 is 0 Å². The monoisotopic (exact) mass is 772 g/mol. The summed E-state index contributed by atoms with van der Waals surface area (Å²) in [5.41, 5.74) is 15.2. The molecule has 0 spiro atoms. The quantitative estimate of drug-likeness (QED) is 0.159. The number of allylic oxidation sites excluding steroid dienone is 14. The molecule has 0 aliphatic heterocycles. The summed E-state index contributed by atoms with van der Waals surface area (Å²) >= 11 is 0. The zero-order chi connectivity index (χ0) is 39.7. The van der Waals surface area contributed by atoms with Gasteiger partial charge in [0.25, 0.3) is 0 Å². The smallest absolute Gasteiger partial charge is 0.137 e. The van der Waals surface area contributed by atoms with Crippen LogP contribution in [0.5, 0.6) is 0 Å². The Hall–Kier alpha value is -6.51. The molecular formula is C58H48N2. The molecule has 0 saturated heterocycles. The third kappa shape index (κ3) is 5.64. The van der Waals surface area contributed by atoms with Crippen molar-refractivity contribution in [1.29, 1.82) is 0 Å². The Morgan fingerprint density at radius 2 is 1.15 bits per heavy atom. The number of hydrogen-bond donors (Lipinski definition) is 0. The fraction of sp³-hybridized carbons (Fsp3) is 0.190. The van der Waals surface area contributed by atoms with Crippen molar-refractivity contribution >= 4 is 77.8 Å². The van der Waals surface area contributed by atoms with E-state index in [1.807, 2.05) is 0 Å². The predicted molar refractivity (Wildman–Crippen MR) is 256 cm³/mol. The van der Waals surface area contributed by atoms with Gasteiger partial charge in [0.2, 0.25) is 0 Å². The molecule has 5 aliphatic rings. The first-order valence-corrected chi connectivity index (χ1v) is 22.2. The molecule has 0 saturated carbocycles. The molecule has 6 aromatic carbocycles. The van der Waals surface area contributed by atoms with Crippen LogP contribution in [0.4, 0.5) is 0 Å². The molecule has 60 heavy (non-hydrogen) atoms. The third-order valence-corrected chi connectivity index (χ3v) is 14.2. The van der Waals surface area contributed by atoms with E-state index in [0.29, 0.717) is 5.92 Å². The number of rotatable bonds is 5. The maximum atomic E-state index is 5.26. The van der Waals surface area contributed by atoms with E-state index in [-0.39, 0.29) is 6.04 Å². The predicted octanol–water partition coefficient (Wildman–Crippen LogP) is 13.7. The summed E-state index contributed by atoms with van der Waals surface area (Å²) in [5, 5.41) is 11.1. The van der Waals surface area contributed by atoms with Gasteiger partial charge in [0.15, 0.2) is 0 Å². The first-order chi connectivity index (χ1) is 29.7. The molecule has 0 radical (unpaired) electrons. The third-order valence-electron chi connectivity index (χ3n) is 14.2. The fourth-order valence-electron chi connectivity index (χ4n) is 11.3. The second-order valence-electron chi connectivity index (χ2n) is 17.5. The lowest BCUT2D eigenvalue weighted by Crippen LogP contribution is -2.34. The largest absolute Gasteiger partial charge is 0.317 e. The van der Waals surface area contributed by atoms with Gasteiger partial charge in [-0.1, -0.05) is 152 Å². The van der Waals surface area contributed by atoms with Gasteiger partial charge in [-0.05, 0) is 169 Å². The minimum atomic E-state index is 0.286. The number of aromatic nitrogens is 2. The van der Waals surface area contributed by atoms with Crippen molar-refractivity contribution in [1.82, 2.24) is 9.55 Å². The Morgan fingerprint density at radius 1 is 0.567 bits per heavy atom. The highest BCUT2D eigenvalue weighted by molar-refractivity contribution is 6.12. The number of aryl methyl sites for hydroxylation is 1. The maximum absolute atomic E-state index is 5.26. The first kappa shape index (κ1) is 35.4. The van der Waals surface area contributed by atoms with Crippen molar-refractivity contribution in [2.75, 3.05) is 0 Å². The molecule has 2 heteroatoms. The Balaban J connectivity index is 0.959. The van der Waals surface area contributed by atoms with Gasteiger partial charge < -0.3 is 4.57 Å². The van der Waals surface area contributed by atoms with E-state index >= 15 is 0 Å². The van der Waals surface area contributed by atoms with Gasteiger partial charge in [-0.15, -0.1) is 0 Å². The lowest BCUT2D eigenvalue weighted by molar-refractivity contribution is 0.568. The normalized spacial score (nSPS) is 19.9. The Labute approximate surface area is 352 Å². The molecule has 2 unspecified atom stereocenters. The molecule has 12 rings (SSSR count). The average Bonchev–Trinajstić information content (AvgIpc) is 3.71. The van der Waals surface area contributed by atoms with Crippen molar-refractivity contribution in [3.8, 4) is 0 Å². The average molecular weight is 773 g/mol. The van der Waals surface area contributed by atoms with Crippen LogP contribution in [-0.2, 0) is 0 Å². The van der Waals surface area contributed by atoms with Crippen LogP contribution in [-0.4, -0.2) is 9.55 Å². The zero-order valence-electron chi connectivity index (χ0n) is 34.3. The maximum Gasteiger partial charge on any atom is 0.137 e. The molecule has 1 aromatic heterocycles. The van der Waals surface area contributed by atoms with E-state index in [2.05, 4.69) is 175 Å². The van der Waals surface area contributed by atoms with Crippen LogP contribution < -0.4 is 10.4 Å². The summed E-state index contributed by atoms with van der Waals surface area (Å²) in [7, 11) is 0. The van der Waals surface area contributed by atoms with Crippen molar-refractivity contribution in [2.45, 2.75) is 64.3 Å². The van der Waals surface area contributed by atoms with Crippen LogP contribution in [0.2, 0.25) is 0 Å². The standard InChI is InChI=1S/C58H48N2/c1-37-45-17-5-7-19-47(45)55(48-20-8-6-18-46(37)48)38-27-29-39(30-28-38)56-49-21-9-11-23-51(49)57(52-24-12-10-22-50(52)56)42-33-31-41-36-43(34-32-40(41)35-42)58-59-53-25-13-14-26-54(53)60(58)44-15-3-2-4-16-44/h2-9,11,13-15,17-27,29,32,34-35,41,44H,10,12,16,28,30-31,33,36H2,1H3. The van der Waals surface area contributed by atoms with Gasteiger partial charge in [-0.2, -0.15) is 0 Å². The number of nitrogens with zero attached hydrogens (tertiary/aromatic N) is 2. The van der Waals surface area contributed by atoms with Crippen LogP contribution in [0.25, 0.3) is 77.8 Å². The van der Waals surface area contributed by atoms with E-state index in [1.54, 1.807) is 0 Å². The van der Waals surface area contributed by atoms with Crippen molar-refractivity contribution in [3.63, 3.8) is 0 Å². The number of fused-ring (bicyclic) bond motifs is 6. The highest BCUT2D eigenvalue weighted by Crippen LogP contribution is 2.45. The van der Waals surface area contributed by atoms with Gasteiger partial charge in [-0.25, -0.2) is 4.98 Å². The highest BCUT2D eigenvalue weighted by Gasteiger charge is 2.29. The molecule has 2 atom stereocenters. The fourth-order valence-corrected chi connectivity index (χ4v) is 11.3. The van der Waals surface area contributed by atoms with Crippen LogP contribution in [0, 0.1) is 12.8 Å². The summed E-state index contributed by atoms with van der Waals surface area (Å²) in [6.45, 7) is 2.28. The van der Waals surface area contributed by atoms with Crippen molar-refractivity contribution < 1.29 is 0 Å². The topological polar surface area (TPSA) is 17.8 Å². The van der Waals surface area contributed by atoms with Crippen LogP contribution in [0.15, 0.2) is 157 Å².